The molecule has 4 heterocycles. The summed E-state index contributed by atoms with van der Waals surface area (Å²) < 4.78 is 33.9. The molecule has 2 aromatic heterocycles. The molecular weight excluding hydrogens is 532 g/mol. The van der Waals surface area contributed by atoms with E-state index in [1.54, 1.807) is 42.6 Å². The molecule has 0 aliphatic carbocycles. The maximum absolute atomic E-state index is 13.5. The first-order chi connectivity index (χ1) is 16.8. The van der Waals surface area contributed by atoms with Crippen LogP contribution in [-0.2, 0) is 14.8 Å². The monoisotopic (exact) mass is 552 g/mol. The number of rotatable bonds is 4. The molecule has 178 valence electrons. The molecule has 0 N–H and O–H groups in total. The van der Waals surface area contributed by atoms with E-state index in [4.69, 9.17) is 4.74 Å². The Morgan fingerprint density at radius 2 is 1.74 bits per heavy atom. The number of carbonyl (C=O) groups excluding carboxylic acids is 1. The molecule has 2 aromatic carbocycles. The molecule has 6 rings (SSSR count). The van der Waals surface area contributed by atoms with Gasteiger partial charge in [0, 0.05) is 30.4 Å². The van der Waals surface area contributed by atoms with Gasteiger partial charge in [-0.05, 0) is 52.7 Å². The van der Waals surface area contributed by atoms with Crippen molar-refractivity contribution < 1.29 is 17.9 Å². The van der Waals surface area contributed by atoms with Gasteiger partial charge in [-0.3, -0.25) is 4.79 Å². The van der Waals surface area contributed by atoms with Gasteiger partial charge in [0.2, 0.25) is 0 Å². The molecule has 1 spiro atoms. The number of benzene rings is 2. The number of hydrogen-bond acceptors (Lipinski definition) is 6. The number of amides is 1. The zero-order valence-corrected chi connectivity index (χ0v) is 21.2. The Kier molecular flexibility index (Phi) is 5.10. The molecule has 0 unspecified atom stereocenters. The summed E-state index contributed by atoms with van der Waals surface area (Å²) in [6, 6.07) is 13.8. The minimum atomic E-state index is -3.89. The summed E-state index contributed by atoms with van der Waals surface area (Å²) >= 11 is 3.34. The average Bonchev–Trinajstić information content (AvgIpc) is 3.17. The first-order valence-electron chi connectivity index (χ1n) is 11.1. The highest BCUT2D eigenvalue weighted by molar-refractivity contribution is 9.10. The van der Waals surface area contributed by atoms with Crippen LogP contribution >= 0.6 is 15.9 Å². The molecule has 35 heavy (non-hydrogen) atoms. The molecule has 0 radical (unpaired) electrons. The molecule has 2 saturated heterocycles. The first kappa shape index (κ1) is 22.4. The standard InChI is InChI=1S/C25H21BrN4O4S/c1-16-2-8-19(9-3-16)35(32,33)30-11-20(22-23(30)27-10-21(26)28-22)17-4-6-18(7-5-17)24(31)29-12-25(13-29)14-34-15-25/h2-11H,12-15H2,1H3. The highest BCUT2D eigenvalue weighted by Crippen LogP contribution is 2.38. The van der Waals surface area contributed by atoms with Gasteiger partial charge in [0.05, 0.1) is 29.7 Å². The maximum atomic E-state index is 13.5. The number of aryl methyl sites for hydroxylation is 1. The van der Waals surface area contributed by atoms with Crippen molar-refractivity contribution in [2.45, 2.75) is 11.8 Å². The Labute approximate surface area is 210 Å². The molecule has 2 fully saturated rings. The third kappa shape index (κ3) is 3.67. The van der Waals surface area contributed by atoms with E-state index in [1.807, 2.05) is 24.0 Å². The molecule has 10 heteroatoms. The van der Waals surface area contributed by atoms with E-state index >= 15 is 0 Å². The molecule has 1 amide bonds. The van der Waals surface area contributed by atoms with Gasteiger partial charge in [-0.15, -0.1) is 0 Å². The lowest BCUT2D eigenvalue weighted by molar-refractivity contribution is -0.176. The van der Waals surface area contributed by atoms with E-state index in [2.05, 4.69) is 25.9 Å². The van der Waals surface area contributed by atoms with Gasteiger partial charge in [0.1, 0.15) is 10.1 Å². The Hall–Kier alpha value is -3.08. The molecule has 0 bridgehead atoms. The van der Waals surface area contributed by atoms with Crippen molar-refractivity contribution in [2.24, 2.45) is 5.41 Å². The fourth-order valence-corrected chi connectivity index (χ4v) is 6.21. The molecule has 8 nitrogen and oxygen atoms in total. The second kappa shape index (κ2) is 7.97. The topological polar surface area (TPSA) is 94.4 Å². The number of likely N-dealkylation sites (tertiary alicyclic amines) is 1. The van der Waals surface area contributed by atoms with Crippen LogP contribution in [0, 0.1) is 12.3 Å². The van der Waals surface area contributed by atoms with Gasteiger partial charge in [0.15, 0.2) is 5.65 Å². The van der Waals surface area contributed by atoms with Crippen LogP contribution in [0.1, 0.15) is 15.9 Å². The van der Waals surface area contributed by atoms with Crippen LogP contribution in [0.15, 0.2) is 70.4 Å². The van der Waals surface area contributed by atoms with Crippen LogP contribution < -0.4 is 0 Å². The van der Waals surface area contributed by atoms with Gasteiger partial charge in [-0.2, -0.15) is 0 Å². The van der Waals surface area contributed by atoms with Crippen LogP contribution in [0.4, 0.5) is 0 Å². The predicted octanol–water partition coefficient (Wildman–Crippen LogP) is 3.88. The zero-order valence-electron chi connectivity index (χ0n) is 18.8. The van der Waals surface area contributed by atoms with Crippen molar-refractivity contribution in [1.82, 2.24) is 18.8 Å². The summed E-state index contributed by atoms with van der Waals surface area (Å²) in [5.74, 6) is -0.0130. The van der Waals surface area contributed by atoms with Crippen LogP contribution in [0.25, 0.3) is 22.3 Å². The van der Waals surface area contributed by atoms with Crippen molar-refractivity contribution >= 4 is 43.0 Å². The van der Waals surface area contributed by atoms with Gasteiger partial charge in [0.25, 0.3) is 15.9 Å². The Morgan fingerprint density at radius 3 is 2.37 bits per heavy atom. The van der Waals surface area contributed by atoms with Crippen molar-refractivity contribution in [1.29, 1.82) is 0 Å². The smallest absolute Gasteiger partial charge is 0.269 e. The van der Waals surface area contributed by atoms with E-state index in [9.17, 15) is 13.2 Å². The lowest BCUT2D eigenvalue weighted by atomic mass is 9.78. The highest BCUT2D eigenvalue weighted by Gasteiger charge is 2.50. The zero-order chi connectivity index (χ0) is 24.4. The lowest BCUT2D eigenvalue weighted by Crippen LogP contribution is -2.67. The van der Waals surface area contributed by atoms with Crippen LogP contribution in [0.2, 0.25) is 0 Å². The van der Waals surface area contributed by atoms with Crippen LogP contribution in [0.3, 0.4) is 0 Å². The lowest BCUT2D eigenvalue weighted by Gasteiger charge is -2.54. The van der Waals surface area contributed by atoms with Gasteiger partial charge >= 0.3 is 0 Å². The van der Waals surface area contributed by atoms with Gasteiger partial charge in [-0.1, -0.05) is 29.8 Å². The first-order valence-corrected chi connectivity index (χ1v) is 13.3. The van der Waals surface area contributed by atoms with Crippen LogP contribution in [0.5, 0.6) is 0 Å². The number of ether oxygens (including phenoxy) is 1. The summed E-state index contributed by atoms with van der Waals surface area (Å²) in [7, 11) is -3.89. The normalized spacial score (nSPS) is 16.8. The molecule has 2 aliphatic rings. The second-order valence-corrected chi connectivity index (χ2v) is 11.9. The number of halogens is 1. The number of nitrogens with zero attached hydrogens (tertiary/aromatic N) is 4. The Balaban J connectivity index is 1.37. The third-order valence-corrected chi connectivity index (χ3v) is 8.66. The maximum Gasteiger partial charge on any atom is 0.269 e. The number of fused-ring (bicyclic) bond motifs is 1. The van der Waals surface area contributed by atoms with Crippen molar-refractivity contribution in [3.63, 3.8) is 0 Å². The molecule has 4 aromatic rings. The van der Waals surface area contributed by atoms with Crippen molar-refractivity contribution in [3.05, 3.63) is 76.7 Å². The summed E-state index contributed by atoms with van der Waals surface area (Å²) in [5, 5.41) is 0. The largest absolute Gasteiger partial charge is 0.380 e. The van der Waals surface area contributed by atoms with E-state index in [1.165, 1.54) is 10.2 Å². The van der Waals surface area contributed by atoms with E-state index in [0.29, 0.717) is 21.2 Å². The number of carbonyl (C=O) groups is 1. The molecular formula is C25H21BrN4O4S. The van der Waals surface area contributed by atoms with Crippen LogP contribution in [-0.4, -0.2) is 59.5 Å². The van der Waals surface area contributed by atoms with Crippen molar-refractivity contribution in [2.75, 3.05) is 26.3 Å². The minimum Gasteiger partial charge on any atom is -0.380 e. The summed E-state index contributed by atoms with van der Waals surface area (Å²) in [6.07, 6.45) is 3.01. The fourth-order valence-electron chi connectivity index (χ4n) is 4.62. The summed E-state index contributed by atoms with van der Waals surface area (Å²) in [5.41, 5.74) is 3.75. The Morgan fingerprint density at radius 1 is 1.06 bits per heavy atom. The van der Waals surface area contributed by atoms with Crippen molar-refractivity contribution in [3.8, 4) is 11.1 Å². The average molecular weight is 553 g/mol. The number of aromatic nitrogens is 3. The SMILES string of the molecule is Cc1ccc(S(=O)(=O)n2cc(-c3ccc(C(=O)N4CC5(COC5)C4)cc3)c3nc(Br)cnc32)cc1. The van der Waals surface area contributed by atoms with Gasteiger partial charge < -0.3 is 9.64 Å². The van der Waals surface area contributed by atoms with E-state index < -0.39 is 10.0 Å². The number of hydrogen-bond donors (Lipinski definition) is 0. The Bertz CT molecular complexity index is 1570. The molecule has 0 atom stereocenters. The van der Waals surface area contributed by atoms with Gasteiger partial charge in [-0.25, -0.2) is 22.4 Å². The molecule has 0 saturated carbocycles. The quantitative estimate of drug-likeness (QED) is 0.381. The minimum absolute atomic E-state index is 0.0130. The highest BCUT2D eigenvalue weighted by atomic mass is 79.9. The molecule has 2 aliphatic heterocycles. The van der Waals surface area contributed by atoms with E-state index in [-0.39, 0.29) is 21.9 Å². The predicted molar refractivity (Wildman–Crippen MR) is 134 cm³/mol. The second-order valence-electron chi connectivity index (χ2n) is 9.25. The summed E-state index contributed by atoms with van der Waals surface area (Å²) in [6.45, 7) is 4.80. The van der Waals surface area contributed by atoms with E-state index in [0.717, 1.165) is 37.4 Å². The summed E-state index contributed by atoms with van der Waals surface area (Å²) in [4.78, 5) is 23.7. The third-order valence-electron chi connectivity index (χ3n) is 6.61. The fraction of sp³-hybridized carbons (Fsp3) is 0.240.